The van der Waals surface area contributed by atoms with Gasteiger partial charge in [0.1, 0.15) is 5.75 Å². The van der Waals surface area contributed by atoms with Crippen LogP contribution in [0.2, 0.25) is 0 Å². The summed E-state index contributed by atoms with van der Waals surface area (Å²) in [6.07, 6.45) is 0. The second-order valence-corrected chi connectivity index (χ2v) is 3.43. The van der Waals surface area contributed by atoms with Gasteiger partial charge < -0.3 is 4.74 Å². The highest BCUT2D eigenvalue weighted by Gasteiger charge is 2.01. The molecule has 2 nitrogen and oxygen atoms in total. The van der Waals surface area contributed by atoms with Crippen LogP contribution >= 0.6 is 11.9 Å². The maximum atomic E-state index is 11.7. The largest absolute Gasteiger partial charge is 0.497 e. The minimum absolute atomic E-state index is 0.416. The van der Waals surface area contributed by atoms with E-state index in [2.05, 4.69) is 4.72 Å². The summed E-state index contributed by atoms with van der Waals surface area (Å²) >= 11 is 0.421. The second kappa shape index (κ2) is 5.82. The fourth-order valence-corrected chi connectivity index (χ4v) is 1.31. The van der Waals surface area contributed by atoms with Crippen molar-refractivity contribution in [1.82, 2.24) is 4.72 Å². The van der Waals surface area contributed by atoms with Crippen LogP contribution in [0.25, 0.3) is 0 Å². The summed E-state index contributed by atoms with van der Waals surface area (Å²) in [6, 6.07) is 7.25. The molecule has 0 bridgehead atoms. The summed E-state index contributed by atoms with van der Waals surface area (Å²) in [7, 11) is 1.58. The molecule has 0 aliphatic heterocycles. The first kappa shape index (κ1) is 11.3. The first-order valence-electron chi connectivity index (χ1n) is 4.02. The van der Waals surface area contributed by atoms with E-state index in [1.807, 2.05) is 12.1 Å². The molecule has 0 amide bonds. The first-order chi connectivity index (χ1) is 6.72. The van der Waals surface area contributed by atoms with Gasteiger partial charge in [-0.2, -0.15) is 8.78 Å². The van der Waals surface area contributed by atoms with Gasteiger partial charge in [-0.1, -0.05) is 12.1 Å². The lowest BCUT2D eigenvalue weighted by atomic mass is 10.2. The number of alkyl halides is 2. The Hall–Kier alpha value is -0.810. The van der Waals surface area contributed by atoms with Crippen molar-refractivity contribution in [3.63, 3.8) is 0 Å². The van der Waals surface area contributed by atoms with Crippen LogP contribution in [0.5, 0.6) is 5.75 Å². The van der Waals surface area contributed by atoms with E-state index in [1.54, 1.807) is 19.2 Å². The molecule has 0 heterocycles. The van der Waals surface area contributed by atoms with Crippen molar-refractivity contribution >= 4 is 11.9 Å². The summed E-state index contributed by atoms with van der Waals surface area (Å²) in [5, 5.41) is 0. The summed E-state index contributed by atoms with van der Waals surface area (Å²) in [5.74, 6) is -1.62. The summed E-state index contributed by atoms with van der Waals surface area (Å²) in [5.41, 5.74) is 0.943. The van der Waals surface area contributed by atoms with Gasteiger partial charge in [0.15, 0.2) is 0 Å². The van der Waals surface area contributed by atoms with Crippen LogP contribution in [0, 0.1) is 0 Å². The van der Waals surface area contributed by atoms with Crippen molar-refractivity contribution in [3.05, 3.63) is 29.8 Å². The third-order valence-corrected chi connectivity index (χ3v) is 2.10. The van der Waals surface area contributed by atoms with Crippen LogP contribution < -0.4 is 9.46 Å². The molecule has 14 heavy (non-hydrogen) atoms. The summed E-state index contributed by atoms with van der Waals surface area (Å²) < 4.78 is 31.0. The summed E-state index contributed by atoms with van der Waals surface area (Å²) in [4.78, 5) is 0. The number of ether oxygens (including phenoxy) is 1. The van der Waals surface area contributed by atoms with Crippen LogP contribution in [-0.2, 0) is 6.54 Å². The smallest absolute Gasteiger partial charge is 0.297 e. The molecule has 0 radical (unpaired) electrons. The molecular weight excluding hydrogens is 208 g/mol. The number of benzene rings is 1. The zero-order chi connectivity index (χ0) is 10.4. The fourth-order valence-electron chi connectivity index (χ4n) is 0.931. The molecule has 0 atom stereocenters. The monoisotopic (exact) mass is 219 g/mol. The van der Waals surface area contributed by atoms with Gasteiger partial charge >= 0.3 is 0 Å². The molecule has 0 saturated carbocycles. The molecule has 0 aromatic heterocycles. The first-order valence-corrected chi connectivity index (χ1v) is 4.90. The van der Waals surface area contributed by atoms with Gasteiger partial charge in [-0.15, -0.1) is 0 Å². The number of rotatable bonds is 5. The normalized spacial score (nSPS) is 10.6. The molecule has 1 aromatic carbocycles. The Kier molecular flexibility index (Phi) is 4.69. The third-order valence-electron chi connectivity index (χ3n) is 1.61. The molecular formula is C9H11F2NOS. The molecule has 78 valence electrons. The predicted molar refractivity (Wildman–Crippen MR) is 53.4 cm³/mol. The van der Waals surface area contributed by atoms with Crippen molar-refractivity contribution in [2.45, 2.75) is 12.3 Å². The Balaban J connectivity index is 2.36. The van der Waals surface area contributed by atoms with E-state index in [0.717, 1.165) is 11.3 Å². The van der Waals surface area contributed by atoms with Gasteiger partial charge in [-0.25, -0.2) is 0 Å². The standard InChI is InChI=1S/C9H11F2NOS/c1-13-8-4-2-7(3-5-8)6-12-14-9(10)11/h2-5,9,12H,6H2,1H3. The highest BCUT2D eigenvalue weighted by atomic mass is 32.2. The van der Waals surface area contributed by atoms with Gasteiger partial charge in [0, 0.05) is 6.54 Å². The molecule has 1 aromatic rings. The van der Waals surface area contributed by atoms with E-state index in [1.165, 1.54) is 0 Å². The zero-order valence-electron chi connectivity index (χ0n) is 7.67. The second-order valence-electron chi connectivity index (χ2n) is 2.55. The van der Waals surface area contributed by atoms with Crippen LogP contribution in [0.1, 0.15) is 5.56 Å². The van der Waals surface area contributed by atoms with Crippen molar-refractivity contribution in [3.8, 4) is 5.75 Å². The Bertz CT molecular complexity index is 266. The van der Waals surface area contributed by atoms with Gasteiger partial charge in [-0.05, 0) is 29.6 Å². The van der Waals surface area contributed by atoms with Gasteiger partial charge in [0.2, 0.25) is 0 Å². The Labute approximate surface area is 85.8 Å². The van der Waals surface area contributed by atoms with Gasteiger partial charge in [0.25, 0.3) is 5.76 Å². The van der Waals surface area contributed by atoms with Crippen molar-refractivity contribution in [1.29, 1.82) is 0 Å². The molecule has 0 aliphatic carbocycles. The highest BCUT2D eigenvalue weighted by Crippen LogP contribution is 2.13. The van der Waals surface area contributed by atoms with E-state index < -0.39 is 5.76 Å². The molecule has 0 unspecified atom stereocenters. The van der Waals surface area contributed by atoms with Gasteiger partial charge in [-0.3, -0.25) is 4.72 Å². The zero-order valence-corrected chi connectivity index (χ0v) is 8.48. The number of nitrogens with one attached hydrogen (secondary N) is 1. The van der Waals surface area contributed by atoms with Crippen LogP contribution in [-0.4, -0.2) is 12.9 Å². The molecule has 0 spiro atoms. The number of hydrogen-bond acceptors (Lipinski definition) is 3. The van der Waals surface area contributed by atoms with Crippen LogP contribution in [0.4, 0.5) is 8.78 Å². The minimum atomic E-state index is -2.38. The van der Waals surface area contributed by atoms with E-state index in [0.29, 0.717) is 18.5 Å². The van der Waals surface area contributed by atoms with E-state index >= 15 is 0 Å². The summed E-state index contributed by atoms with van der Waals surface area (Å²) in [6.45, 7) is 0.416. The molecule has 1 N–H and O–H groups in total. The quantitative estimate of drug-likeness (QED) is 0.769. The third kappa shape index (κ3) is 3.93. The SMILES string of the molecule is COc1ccc(CNSC(F)F)cc1. The van der Waals surface area contributed by atoms with Crippen molar-refractivity contribution in [2.24, 2.45) is 0 Å². The number of halogens is 2. The maximum absolute atomic E-state index is 11.7. The molecule has 5 heteroatoms. The average molecular weight is 219 g/mol. The highest BCUT2D eigenvalue weighted by molar-refractivity contribution is 7.97. The Morgan fingerprint density at radius 3 is 2.50 bits per heavy atom. The van der Waals surface area contributed by atoms with Crippen molar-refractivity contribution < 1.29 is 13.5 Å². The lowest BCUT2D eigenvalue weighted by Crippen LogP contribution is -2.05. The lowest BCUT2D eigenvalue weighted by Gasteiger charge is -2.04. The Morgan fingerprint density at radius 2 is 2.00 bits per heavy atom. The minimum Gasteiger partial charge on any atom is -0.497 e. The maximum Gasteiger partial charge on any atom is 0.297 e. The van der Waals surface area contributed by atoms with Gasteiger partial charge in [0.05, 0.1) is 7.11 Å². The lowest BCUT2D eigenvalue weighted by molar-refractivity contribution is 0.251. The van der Waals surface area contributed by atoms with E-state index in [-0.39, 0.29) is 0 Å². The van der Waals surface area contributed by atoms with E-state index in [9.17, 15) is 8.78 Å². The van der Waals surface area contributed by atoms with Crippen LogP contribution in [0.15, 0.2) is 24.3 Å². The number of methoxy groups -OCH3 is 1. The average Bonchev–Trinajstić information content (AvgIpc) is 2.18. The topological polar surface area (TPSA) is 21.3 Å². The molecule has 0 aliphatic rings. The molecule has 0 fully saturated rings. The fraction of sp³-hybridized carbons (Fsp3) is 0.333. The molecule has 0 saturated heterocycles. The number of hydrogen-bond donors (Lipinski definition) is 1. The van der Waals surface area contributed by atoms with Crippen LogP contribution in [0.3, 0.4) is 0 Å². The van der Waals surface area contributed by atoms with E-state index in [4.69, 9.17) is 4.74 Å². The predicted octanol–water partition coefficient (Wildman–Crippen LogP) is 2.66. The van der Waals surface area contributed by atoms with Crippen molar-refractivity contribution in [2.75, 3.05) is 7.11 Å². The molecule has 1 rings (SSSR count). The Morgan fingerprint density at radius 1 is 1.36 bits per heavy atom.